The number of benzene rings is 1. The Kier molecular flexibility index (Phi) is 5.51. The Morgan fingerprint density at radius 1 is 1.33 bits per heavy atom. The molecule has 0 unspecified atom stereocenters. The lowest BCUT2D eigenvalue weighted by molar-refractivity contribution is -0.115. The topological polar surface area (TPSA) is 87.1 Å². The molecular formula is C18H20N4O2. The fourth-order valence-corrected chi connectivity index (χ4v) is 2.29. The van der Waals surface area contributed by atoms with Crippen LogP contribution in [-0.4, -0.2) is 34.8 Å². The summed E-state index contributed by atoms with van der Waals surface area (Å²) in [6.07, 6.45) is 5.34. The summed E-state index contributed by atoms with van der Waals surface area (Å²) in [6, 6.07) is 6.75. The number of amides is 1. The summed E-state index contributed by atoms with van der Waals surface area (Å²) < 4.78 is 0. The molecule has 0 spiro atoms. The Morgan fingerprint density at radius 3 is 2.67 bits per heavy atom. The SMILES string of the molecule is C#Cc1ccc(-c2nnc(NC(=O)CNC)cc2C(C)C)c(O)c1. The average molecular weight is 324 g/mol. The maximum atomic E-state index is 11.7. The van der Waals surface area contributed by atoms with E-state index in [0.717, 1.165) is 5.56 Å². The molecule has 2 aromatic rings. The van der Waals surface area contributed by atoms with Crippen LogP contribution in [-0.2, 0) is 4.79 Å². The number of nitrogens with one attached hydrogen (secondary N) is 2. The van der Waals surface area contributed by atoms with Crippen molar-refractivity contribution in [3.05, 3.63) is 35.4 Å². The Bertz CT molecular complexity index is 794. The van der Waals surface area contributed by atoms with Crippen LogP contribution >= 0.6 is 0 Å². The first-order valence-electron chi connectivity index (χ1n) is 7.58. The monoisotopic (exact) mass is 324 g/mol. The normalized spacial score (nSPS) is 10.5. The average Bonchev–Trinajstić information content (AvgIpc) is 2.55. The molecule has 0 fully saturated rings. The molecule has 0 aliphatic carbocycles. The summed E-state index contributed by atoms with van der Waals surface area (Å²) in [4.78, 5) is 11.7. The third kappa shape index (κ3) is 3.89. The molecule has 1 heterocycles. The first-order chi connectivity index (χ1) is 11.5. The van der Waals surface area contributed by atoms with E-state index < -0.39 is 0 Å². The molecule has 1 aromatic carbocycles. The summed E-state index contributed by atoms with van der Waals surface area (Å²) in [5.74, 6) is 2.83. The second-order valence-corrected chi connectivity index (χ2v) is 5.64. The van der Waals surface area contributed by atoms with Crippen molar-refractivity contribution in [3.63, 3.8) is 0 Å². The number of hydrogen-bond acceptors (Lipinski definition) is 5. The Labute approximate surface area is 141 Å². The van der Waals surface area contributed by atoms with Gasteiger partial charge >= 0.3 is 0 Å². The molecule has 6 nitrogen and oxygen atoms in total. The van der Waals surface area contributed by atoms with Crippen LogP contribution in [0.1, 0.15) is 30.9 Å². The third-order valence-corrected chi connectivity index (χ3v) is 3.47. The van der Waals surface area contributed by atoms with E-state index in [1.807, 2.05) is 13.8 Å². The molecule has 0 bridgehead atoms. The number of likely N-dealkylation sites (N-methyl/N-ethyl adjacent to an activating group) is 1. The zero-order valence-corrected chi connectivity index (χ0v) is 13.9. The lowest BCUT2D eigenvalue weighted by Gasteiger charge is -2.14. The van der Waals surface area contributed by atoms with E-state index in [2.05, 4.69) is 26.8 Å². The first kappa shape index (κ1) is 17.4. The van der Waals surface area contributed by atoms with E-state index in [-0.39, 0.29) is 24.1 Å². The van der Waals surface area contributed by atoms with Crippen LogP contribution in [0.3, 0.4) is 0 Å². The fraction of sp³-hybridized carbons (Fsp3) is 0.278. The van der Waals surface area contributed by atoms with Crippen molar-refractivity contribution in [2.45, 2.75) is 19.8 Å². The summed E-state index contributed by atoms with van der Waals surface area (Å²) >= 11 is 0. The number of terminal acetylenes is 1. The van der Waals surface area contributed by atoms with Crippen molar-refractivity contribution in [1.82, 2.24) is 15.5 Å². The van der Waals surface area contributed by atoms with Gasteiger partial charge in [0.25, 0.3) is 0 Å². The highest BCUT2D eigenvalue weighted by Gasteiger charge is 2.16. The highest BCUT2D eigenvalue weighted by atomic mass is 16.3. The minimum absolute atomic E-state index is 0.0496. The maximum Gasteiger partial charge on any atom is 0.239 e. The molecule has 24 heavy (non-hydrogen) atoms. The Morgan fingerprint density at radius 2 is 2.08 bits per heavy atom. The molecule has 0 radical (unpaired) electrons. The lowest BCUT2D eigenvalue weighted by Crippen LogP contribution is -2.25. The number of aromatic hydroxyl groups is 1. The number of phenolic OH excluding ortho intramolecular Hbond substituents is 1. The summed E-state index contributed by atoms with van der Waals surface area (Å²) in [5.41, 5.74) is 2.58. The van der Waals surface area contributed by atoms with Crippen LogP contribution in [0.15, 0.2) is 24.3 Å². The van der Waals surface area contributed by atoms with Gasteiger partial charge in [0.05, 0.1) is 6.54 Å². The maximum absolute atomic E-state index is 11.7. The Hall–Kier alpha value is -2.91. The number of phenols is 1. The second kappa shape index (κ2) is 7.57. The molecule has 0 atom stereocenters. The lowest BCUT2D eigenvalue weighted by atomic mass is 9.96. The highest BCUT2D eigenvalue weighted by molar-refractivity contribution is 5.91. The van der Waals surface area contributed by atoms with Gasteiger partial charge in [-0.15, -0.1) is 16.6 Å². The van der Waals surface area contributed by atoms with Gasteiger partial charge in [-0.05, 0) is 42.8 Å². The van der Waals surface area contributed by atoms with E-state index in [9.17, 15) is 9.90 Å². The van der Waals surface area contributed by atoms with Gasteiger partial charge in [0.15, 0.2) is 5.82 Å². The smallest absolute Gasteiger partial charge is 0.239 e. The van der Waals surface area contributed by atoms with Gasteiger partial charge in [-0.2, -0.15) is 0 Å². The molecule has 0 aliphatic heterocycles. The summed E-state index contributed by atoms with van der Waals surface area (Å²) in [5, 5.41) is 23.9. The molecular weight excluding hydrogens is 304 g/mol. The van der Waals surface area contributed by atoms with Crippen LogP contribution in [0.4, 0.5) is 5.82 Å². The third-order valence-electron chi connectivity index (χ3n) is 3.47. The molecule has 1 amide bonds. The van der Waals surface area contributed by atoms with E-state index in [1.165, 1.54) is 6.07 Å². The van der Waals surface area contributed by atoms with Crippen LogP contribution in [0.2, 0.25) is 0 Å². The summed E-state index contributed by atoms with van der Waals surface area (Å²) in [7, 11) is 1.69. The summed E-state index contributed by atoms with van der Waals surface area (Å²) in [6.45, 7) is 4.20. The van der Waals surface area contributed by atoms with Gasteiger partial charge in [-0.3, -0.25) is 4.79 Å². The molecule has 0 aliphatic rings. The molecule has 1 aromatic heterocycles. The van der Waals surface area contributed by atoms with Crippen LogP contribution in [0.5, 0.6) is 5.75 Å². The van der Waals surface area contributed by atoms with Gasteiger partial charge in [0.2, 0.25) is 5.91 Å². The zero-order valence-electron chi connectivity index (χ0n) is 13.9. The number of carbonyl (C=O) groups is 1. The van der Waals surface area contributed by atoms with Crippen LogP contribution in [0.25, 0.3) is 11.3 Å². The number of aromatic nitrogens is 2. The number of anilines is 1. The fourth-order valence-electron chi connectivity index (χ4n) is 2.29. The first-order valence-corrected chi connectivity index (χ1v) is 7.58. The number of nitrogens with zero attached hydrogens (tertiary/aromatic N) is 2. The van der Waals surface area contributed by atoms with E-state index >= 15 is 0 Å². The molecule has 0 saturated carbocycles. The van der Waals surface area contributed by atoms with Crippen molar-refractivity contribution in [2.24, 2.45) is 0 Å². The van der Waals surface area contributed by atoms with Gasteiger partial charge in [0, 0.05) is 11.1 Å². The Balaban J connectivity index is 2.44. The molecule has 3 N–H and O–H groups in total. The van der Waals surface area contributed by atoms with Crippen LogP contribution < -0.4 is 10.6 Å². The van der Waals surface area contributed by atoms with Gasteiger partial charge in [-0.25, -0.2) is 0 Å². The zero-order chi connectivity index (χ0) is 17.7. The van der Waals surface area contributed by atoms with Crippen molar-refractivity contribution in [2.75, 3.05) is 18.9 Å². The van der Waals surface area contributed by atoms with Crippen molar-refractivity contribution in [1.29, 1.82) is 0 Å². The number of hydrogen-bond donors (Lipinski definition) is 3. The quantitative estimate of drug-likeness (QED) is 0.733. The standard InChI is InChI=1S/C18H20N4O2/c1-5-12-6-7-13(15(23)8-12)18-14(11(2)3)9-16(21-22-18)20-17(24)10-19-4/h1,6-9,11,19,23H,10H2,2-4H3,(H,20,21,24). The largest absolute Gasteiger partial charge is 0.507 e. The number of carbonyl (C=O) groups excluding carboxylic acids is 1. The van der Waals surface area contributed by atoms with Gasteiger partial charge < -0.3 is 15.7 Å². The van der Waals surface area contributed by atoms with Gasteiger partial charge in [-0.1, -0.05) is 19.8 Å². The van der Waals surface area contributed by atoms with E-state index in [1.54, 1.807) is 25.2 Å². The molecule has 124 valence electrons. The minimum Gasteiger partial charge on any atom is -0.507 e. The molecule has 6 heteroatoms. The highest BCUT2D eigenvalue weighted by Crippen LogP contribution is 2.34. The van der Waals surface area contributed by atoms with E-state index in [0.29, 0.717) is 22.6 Å². The predicted octanol–water partition coefficient (Wildman–Crippen LogP) is 2.11. The van der Waals surface area contributed by atoms with Gasteiger partial charge in [0.1, 0.15) is 11.4 Å². The number of rotatable bonds is 5. The van der Waals surface area contributed by atoms with Crippen molar-refractivity contribution >= 4 is 11.7 Å². The van der Waals surface area contributed by atoms with Crippen molar-refractivity contribution < 1.29 is 9.90 Å². The molecule has 2 rings (SSSR count). The predicted molar refractivity (Wildman–Crippen MR) is 93.7 cm³/mol. The van der Waals surface area contributed by atoms with Crippen LogP contribution in [0, 0.1) is 12.3 Å². The minimum atomic E-state index is -0.199. The second-order valence-electron chi connectivity index (χ2n) is 5.64. The van der Waals surface area contributed by atoms with E-state index in [4.69, 9.17) is 6.42 Å². The van der Waals surface area contributed by atoms with Crippen molar-refractivity contribution in [3.8, 4) is 29.4 Å². The molecule has 0 saturated heterocycles.